The van der Waals surface area contributed by atoms with Crippen molar-refractivity contribution in [3.63, 3.8) is 0 Å². The molecule has 1 spiro atoms. The van der Waals surface area contributed by atoms with Crippen LogP contribution in [0.1, 0.15) is 25.7 Å². The predicted octanol–water partition coefficient (Wildman–Crippen LogP) is 1.32. The van der Waals surface area contributed by atoms with E-state index in [1.54, 1.807) is 0 Å². The van der Waals surface area contributed by atoms with Crippen LogP contribution in [0, 0.1) is 11.3 Å². The van der Waals surface area contributed by atoms with Gasteiger partial charge in [0.05, 0.1) is 5.41 Å². The van der Waals surface area contributed by atoms with Crippen LogP contribution in [-0.2, 0) is 9.59 Å². The van der Waals surface area contributed by atoms with Crippen molar-refractivity contribution in [3.05, 3.63) is 23.8 Å². The molecule has 3 nitrogen and oxygen atoms in total. The molecular weight excluding hydrogens is 190 g/mol. The number of amides is 2. The molecule has 1 saturated heterocycles. The Bertz CT molecular complexity index is 408. The Morgan fingerprint density at radius 1 is 1.40 bits per heavy atom. The third kappa shape index (κ3) is 1.06. The Morgan fingerprint density at radius 3 is 3.00 bits per heavy atom. The van der Waals surface area contributed by atoms with Gasteiger partial charge in [0.25, 0.3) is 0 Å². The van der Waals surface area contributed by atoms with Crippen LogP contribution >= 0.6 is 0 Å². The van der Waals surface area contributed by atoms with Crippen LogP contribution in [0.15, 0.2) is 23.8 Å². The van der Waals surface area contributed by atoms with Crippen molar-refractivity contribution >= 4 is 11.8 Å². The highest BCUT2D eigenvalue weighted by atomic mass is 16.2. The Morgan fingerprint density at radius 2 is 2.27 bits per heavy atom. The summed E-state index contributed by atoms with van der Waals surface area (Å²) < 4.78 is 0. The average Bonchev–Trinajstić information content (AvgIpc) is 2.72. The fourth-order valence-corrected chi connectivity index (χ4v) is 3.15. The highest BCUT2D eigenvalue weighted by molar-refractivity contribution is 6.07. The Kier molecular flexibility index (Phi) is 1.67. The Labute approximate surface area is 88.2 Å². The summed E-state index contributed by atoms with van der Waals surface area (Å²) >= 11 is 0. The zero-order chi connectivity index (χ0) is 10.5. The molecule has 0 aromatic rings. The van der Waals surface area contributed by atoms with Gasteiger partial charge in [0.15, 0.2) is 0 Å². The summed E-state index contributed by atoms with van der Waals surface area (Å²) in [4.78, 5) is 23.2. The van der Waals surface area contributed by atoms with Crippen molar-refractivity contribution in [2.45, 2.75) is 25.7 Å². The smallest absolute Gasteiger partial charge is 0.237 e. The van der Waals surface area contributed by atoms with E-state index < -0.39 is 5.41 Å². The molecule has 0 aromatic heterocycles. The van der Waals surface area contributed by atoms with Gasteiger partial charge in [-0.25, -0.2) is 0 Å². The normalized spacial score (nSPS) is 38.1. The topological polar surface area (TPSA) is 46.2 Å². The van der Waals surface area contributed by atoms with Gasteiger partial charge in [-0.1, -0.05) is 23.8 Å². The highest BCUT2D eigenvalue weighted by Crippen LogP contribution is 2.53. The third-order valence-corrected chi connectivity index (χ3v) is 3.89. The van der Waals surface area contributed by atoms with Crippen LogP contribution in [0.25, 0.3) is 0 Å². The van der Waals surface area contributed by atoms with Gasteiger partial charge in [0.2, 0.25) is 11.8 Å². The first-order valence-corrected chi connectivity index (χ1v) is 5.44. The van der Waals surface area contributed by atoms with E-state index in [-0.39, 0.29) is 11.8 Å². The molecule has 1 heterocycles. The molecule has 3 rings (SSSR count). The van der Waals surface area contributed by atoms with Crippen molar-refractivity contribution in [1.29, 1.82) is 0 Å². The lowest BCUT2D eigenvalue weighted by molar-refractivity contribution is -0.127. The molecule has 2 unspecified atom stereocenters. The molecule has 0 radical (unpaired) electrons. The van der Waals surface area contributed by atoms with Crippen molar-refractivity contribution in [2.75, 3.05) is 0 Å². The first-order valence-electron chi connectivity index (χ1n) is 5.44. The minimum absolute atomic E-state index is 0.0726. The van der Waals surface area contributed by atoms with Gasteiger partial charge in [-0.15, -0.1) is 0 Å². The molecule has 0 aromatic carbocycles. The van der Waals surface area contributed by atoms with Crippen LogP contribution in [0.4, 0.5) is 0 Å². The summed E-state index contributed by atoms with van der Waals surface area (Å²) in [7, 11) is 0. The van der Waals surface area contributed by atoms with Crippen LogP contribution in [0.2, 0.25) is 0 Å². The van der Waals surface area contributed by atoms with Crippen LogP contribution < -0.4 is 5.32 Å². The molecule has 2 amide bonds. The van der Waals surface area contributed by atoms with Crippen LogP contribution in [-0.4, -0.2) is 11.8 Å². The largest absolute Gasteiger partial charge is 0.296 e. The van der Waals surface area contributed by atoms with E-state index in [4.69, 9.17) is 0 Å². The quantitative estimate of drug-likeness (QED) is 0.603. The second-order valence-electron chi connectivity index (χ2n) is 4.66. The Balaban J connectivity index is 2.06. The molecule has 78 valence electrons. The molecule has 15 heavy (non-hydrogen) atoms. The van der Waals surface area contributed by atoms with Gasteiger partial charge in [0.1, 0.15) is 0 Å². The number of hydrogen-bond acceptors (Lipinski definition) is 2. The fraction of sp³-hybridized carbons (Fsp3) is 0.500. The molecular formula is C12H13NO2. The minimum Gasteiger partial charge on any atom is -0.296 e. The number of nitrogens with one attached hydrogen (secondary N) is 1. The molecule has 1 N–H and O–H groups in total. The maximum absolute atomic E-state index is 11.9. The molecule has 2 aliphatic carbocycles. The maximum Gasteiger partial charge on any atom is 0.237 e. The molecule has 3 heteroatoms. The van der Waals surface area contributed by atoms with E-state index in [0.717, 1.165) is 19.3 Å². The van der Waals surface area contributed by atoms with Gasteiger partial charge in [-0.3, -0.25) is 14.9 Å². The zero-order valence-corrected chi connectivity index (χ0v) is 8.45. The molecule has 2 atom stereocenters. The van der Waals surface area contributed by atoms with E-state index in [1.165, 1.54) is 5.57 Å². The molecule has 1 aliphatic heterocycles. The van der Waals surface area contributed by atoms with Gasteiger partial charge in [0, 0.05) is 6.42 Å². The number of allylic oxidation sites excluding steroid dienone is 3. The molecule has 0 bridgehead atoms. The van der Waals surface area contributed by atoms with E-state index in [1.807, 2.05) is 12.2 Å². The molecule has 3 aliphatic rings. The summed E-state index contributed by atoms with van der Waals surface area (Å²) in [5, 5.41) is 2.44. The second kappa shape index (κ2) is 2.81. The van der Waals surface area contributed by atoms with E-state index in [0.29, 0.717) is 12.3 Å². The lowest BCUT2D eigenvalue weighted by Gasteiger charge is -2.24. The first kappa shape index (κ1) is 8.89. The lowest BCUT2D eigenvalue weighted by atomic mass is 9.77. The summed E-state index contributed by atoms with van der Waals surface area (Å²) in [6.07, 6.45) is 9.45. The van der Waals surface area contributed by atoms with Crippen LogP contribution in [0.5, 0.6) is 0 Å². The number of carbonyl (C=O) groups excluding carboxylic acids is 2. The summed E-state index contributed by atoms with van der Waals surface area (Å²) in [6.45, 7) is 0. The standard InChI is InChI=1S/C12H13NO2/c14-10-7-12(11(15)13-10)6-5-8-3-1-2-4-9(8)12/h1-2,4,8H,3,5-7H2,(H,13,14,15). The SMILES string of the molecule is O=C1CC2(CCC3CC=CC=C32)C(=O)N1. The van der Waals surface area contributed by atoms with Crippen molar-refractivity contribution in [3.8, 4) is 0 Å². The lowest BCUT2D eigenvalue weighted by Crippen LogP contribution is -2.31. The number of fused-ring (bicyclic) bond motifs is 2. The van der Waals surface area contributed by atoms with Gasteiger partial charge in [-0.2, -0.15) is 0 Å². The van der Waals surface area contributed by atoms with Crippen LogP contribution in [0.3, 0.4) is 0 Å². The van der Waals surface area contributed by atoms with E-state index in [2.05, 4.69) is 11.4 Å². The average molecular weight is 203 g/mol. The van der Waals surface area contributed by atoms with E-state index >= 15 is 0 Å². The van der Waals surface area contributed by atoms with Crippen molar-refractivity contribution in [2.24, 2.45) is 11.3 Å². The maximum atomic E-state index is 11.9. The number of imide groups is 1. The summed E-state index contributed by atoms with van der Waals surface area (Å²) in [6, 6.07) is 0. The summed E-state index contributed by atoms with van der Waals surface area (Å²) in [5.41, 5.74) is 0.709. The van der Waals surface area contributed by atoms with Gasteiger partial charge < -0.3 is 0 Å². The minimum atomic E-state index is -0.480. The van der Waals surface area contributed by atoms with Gasteiger partial charge >= 0.3 is 0 Å². The number of carbonyl (C=O) groups is 2. The Hall–Kier alpha value is -1.38. The van der Waals surface area contributed by atoms with Crippen molar-refractivity contribution < 1.29 is 9.59 Å². The predicted molar refractivity (Wildman–Crippen MR) is 54.8 cm³/mol. The number of rotatable bonds is 0. The second-order valence-corrected chi connectivity index (χ2v) is 4.66. The zero-order valence-electron chi connectivity index (χ0n) is 8.45. The van der Waals surface area contributed by atoms with E-state index in [9.17, 15) is 9.59 Å². The van der Waals surface area contributed by atoms with Gasteiger partial charge in [-0.05, 0) is 25.2 Å². The van der Waals surface area contributed by atoms with Crippen molar-refractivity contribution in [1.82, 2.24) is 5.32 Å². The molecule has 1 saturated carbocycles. The fourth-order valence-electron chi connectivity index (χ4n) is 3.15. The monoisotopic (exact) mass is 203 g/mol. The molecule has 2 fully saturated rings. The third-order valence-electron chi connectivity index (χ3n) is 3.89. The summed E-state index contributed by atoms with van der Waals surface area (Å²) in [5.74, 6) is 0.305. The highest BCUT2D eigenvalue weighted by Gasteiger charge is 2.54. The number of hydrogen-bond donors (Lipinski definition) is 1. The first-order chi connectivity index (χ1) is 7.22.